The summed E-state index contributed by atoms with van der Waals surface area (Å²) < 4.78 is 0. The van der Waals surface area contributed by atoms with Gasteiger partial charge in [0.1, 0.15) is 6.54 Å². The zero-order valence-corrected chi connectivity index (χ0v) is 5.15. The van der Waals surface area contributed by atoms with Gasteiger partial charge < -0.3 is 4.98 Å². The van der Waals surface area contributed by atoms with Crippen molar-refractivity contribution in [3.8, 4) is 0 Å². The summed E-state index contributed by atoms with van der Waals surface area (Å²) >= 11 is 0. The Bertz CT molecular complexity index is 266. The van der Waals surface area contributed by atoms with E-state index in [1.54, 1.807) is 6.33 Å². The molecule has 1 aliphatic heterocycles. The lowest BCUT2D eigenvalue weighted by Gasteiger charge is -2.12. The van der Waals surface area contributed by atoms with Gasteiger partial charge in [0.25, 0.3) is 0 Å². The van der Waals surface area contributed by atoms with E-state index in [9.17, 15) is 0 Å². The van der Waals surface area contributed by atoms with Gasteiger partial charge in [-0.15, -0.1) is 0 Å². The van der Waals surface area contributed by atoms with Crippen LogP contribution in [0.4, 0.5) is 0 Å². The summed E-state index contributed by atoms with van der Waals surface area (Å²) in [6.45, 7) is 0.356. The first-order valence-electron chi connectivity index (χ1n) is 2.89. The van der Waals surface area contributed by atoms with Crippen LogP contribution >= 0.6 is 0 Å². The van der Waals surface area contributed by atoms with Crippen LogP contribution in [0.3, 0.4) is 0 Å². The van der Waals surface area contributed by atoms with Crippen LogP contribution in [0.25, 0.3) is 0 Å². The van der Waals surface area contributed by atoms with Gasteiger partial charge in [0, 0.05) is 0 Å². The molecule has 0 aromatic carbocycles. The number of H-pyrrole nitrogens is 1. The number of hydrogen-bond donors (Lipinski definition) is 2. The highest BCUT2D eigenvalue weighted by atomic mass is 16.5. The summed E-state index contributed by atoms with van der Waals surface area (Å²) in [5.41, 5.74) is 1.68. The molecule has 5 heteroatoms. The number of nitrogens with one attached hydrogen (secondary N) is 1. The minimum absolute atomic E-state index is 0.356. The highest BCUT2D eigenvalue weighted by molar-refractivity contribution is 5.78. The third kappa shape index (κ3) is 0.679. The highest BCUT2D eigenvalue weighted by Crippen LogP contribution is 2.07. The molecule has 2 rings (SSSR count). The molecular formula is C5H6N4O. The zero-order valence-electron chi connectivity index (χ0n) is 5.15. The second-order valence-electron chi connectivity index (χ2n) is 2.04. The van der Waals surface area contributed by atoms with Crippen LogP contribution in [0.5, 0.6) is 0 Å². The number of hydrogen-bond acceptors (Lipinski definition) is 4. The van der Waals surface area contributed by atoms with Crippen molar-refractivity contribution in [3.63, 3.8) is 0 Å². The maximum Gasteiger partial charge on any atom is 0.109 e. The first kappa shape index (κ1) is 5.43. The molecule has 1 aliphatic rings. The van der Waals surface area contributed by atoms with Crippen molar-refractivity contribution in [1.29, 1.82) is 0 Å². The molecule has 1 aromatic rings. The van der Waals surface area contributed by atoms with E-state index < -0.39 is 0 Å². The van der Waals surface area contributed by atoms with E-state index in [4.69, 9.17) is 5.21 Å². The Morgan fingerprint density at radius 3 is 3.50 bits per heavy atom. The average Bonchev–Trinajstić information content (AvgIpc) is 2.33. The maximum absolute atomic E-state index is 8.86. The lowest BCUT2D eigenvalue weighted by atomic mass is 10.3. The fourth-order valence-electron chi connectivity index (χ4n) is 0.870. The number of aromatic nitrogens is 2. The van der Waals surface area contributed by atoms with Gasteiger partial charge in [0.15, 0.2) is 0 Å². The average molecular weight is 138 g/mol. The summed E-state index contributed by atoms with van der Waals surface area (Å²) in [7, 11) is 0. The molecular weight excluding hydrogens is 132 g/mol. The van der Waals surface area contributed by atoms with Gasteiger partial charge in [0.2, 0.25) is 0 Å². The molecule has 1 aromatic heterocycles. The van der Waals surface area contributed by atoms with Crippen LogP contribution in [0, 0.1) is 0 Å². The van der Waals surface area contributed by atoms with Crippen LogP contribution in [0.1, 0.15) is 11.4 Å². The molecule has 0 atom stereocenters. The van der Waals surface area contributed by atoms with E-state index in [0.717, 1.165) is 16.6 Å². The molecule has 52 valence electrons. The van der Waals surface area contributed by atoms with Crippen molar-refractivity contribution in [3.05, 3.63) is 17.7 Å². The zero-order chi connectivity index (χ0) is 6.97. The number of aromatic amines is 1. The first-order valence-corrected chi connectivity index (χ1v) is 2.89. The van der Waals surface area contributed by atoms with Gasteiger partial charge in [-0.2, -0.15) is 10.3 Å². The monoisotopic (exact) mass is 138 g/mol. The van der Waals surface area contributed by atoms with Gasteiger partial charge in [-0.05, 0) is 0 Å². The lowest BCUT2D eigenvalue weighted by molar-refractivity contribution is -0.0999. The van der Waals surface area contributed by atoms with E-state index in [-0.39, 0.29) is 0 Å². The van der Waals surface area contributed by atoms with Gasteiger partial charge in [0.05, 0.1) is 23.9 Å². The molecule has 0 bridgehead atoms. The van der Waals surface area contributed by atoms with E-state index in [0.29, 0.717) is 6.54 Å². The Labute approximate surface area is 57.0 Å². The topological polar surface area (TPSA) is 64.5 Å². The van der Waals surface area contributed by atoms with Crippen molar-refractivity contribution in [2.45, 2.75) is 6.54 Å². The summed E-state index contributed by atoms with van der Waals surface area (Å²) in [6.07, 6.45) is 3.11. The van der Waals surface area contributed by atoms with Crippen molar-refractivity contribution < 1.29 is 5.21 Å². The molecule has 0 unspecified atom stereocenters. The molecule has 0 radical (unpaired) electrons. The van der Waals surface area contributed by atoms with Gasteiger partial charge >= 0.3 is 0 Å². The molecule has 0 amide bonds. The first-order chi connectivity index (χ1) is 4.86. The number of hydrazone groups is 1. The number of nitrogens with zero attached hydrogens (tertiary/aromatic N) is 3. The fourth-order valence-corrected chi connectivity index (χ4v) is 0.870. The molecule has 2 heterocycles. The summed E-state index contributed by atoms with van der Waals surface area (Å²) in [5, 5.41) is 13.3. The summed E-state index contributed by atoms with van der Waals surface area (Å²) in [4.78, 5) is 6.84. The van der Waals surface area contributed by atoms with Crippen molar-refractivity contribution >= 4 is 6.21 Å². The molecule has 0 spiro atoms. The van der Waals surface area contributed by atoms with E-state index in [2.05, 4.69) is 15.1 Å². The van der Waals surface area contributed by atoms with Crippen LogP contribution in [0.15, 0.2) is 11.4 Å². The molecule has 2 N–H and O–H groups in total. The minimum Gasteiger partial charge on any atom is -0.344 e. The predicted octanol–water partition coefficient (Wildman–Crippen LogP) is -0.0516. The molecule has 10 heavy (non-hydrogen) atoms. The molecule has 0 saturated heterocycles. The predicted molar refractivity (Wildman–Crippen MR) is 33.5 cm³/mol. The number of imidazole rings is 1. The van der Waals surface area contributed by atoms with E-state index in [1.807, 2.05) is 0 Å². The van der Waals surface area contributed by atoms with E-state index in [1.165, 1.54) is 6.21 Å². The maximum atomic E-state index is 8.86. The SMILES string of the molecule is ON1Cc2nc[nH]c2C=N1. The van der Waals surface area contributed by atoms with Crippen molar-refractivity contribution in [1.82, 2.24) is 15.1 Å². The summed E-state index contributed by atoms with van der Waals surface area (Å²) in [5.74, 6) is 0. The highest BCUT2D eigenvalue weighted by Gasteiger charge is 2.10. The molecule has 0 saturated carbocycles. The Hall–Kier alpha value is -1.36. The molecule has 5 nitrogen and oxygen atoms in total. The van der Waals surface area contributed by atoms with Crippen LogP contribution in [-0.4, -0.2) is 26.6 Å². The Kier molecular flexibility index (Phi) is 0.983. The standard InChI is InChI=1S/C5H6N4O/c10-9-2-5-4(1-8-9)6-3-7-5/h1,3,10H,2H2,(H,6,7). The molecule has 0 aliphatic carbocycles. The number of rotatable bonds is 0. The van der Waals surface area contributed by atoms with Crippen molar-refractivity contribution in [2.24, 2.45) is 5.10 Å². The Morgan fingerprint density at radius 1 is 1.70 bits per heavy atom. The van der Waals surface area contributed by atoms with Gasteiger partial charge in [-0.3, -0.25) is 5.21 Å². The Morgan fingerprint density at radius 2 is 2.60 bits per heavy atom. The number of fused-ring (bicyclic) bond motifs is 1. The van der Waals surface area contributed by atoms with Gasteiger partial charge in [-0.1, -0.05) is 0 Å². The molecule has 0 fully saturated rings. The number of hydroxylamine groups is 1. The third-order valence-electron chi connectivity index (χ3n) is 1.36. The minimum atomic E-state index is 0.356. The van der Waals surface area contributed by atoms with Crippen LogP contribution in [0.2, 0.25) is 0 Å². The quantitative estimate of drug-likeness (QED) is 0.528. The smallest absolute Gasteiger partial charge is 0.109 e. The third-order valence-corrected chi connectivity index (χ3v) is 1.36. The largest absolute Gasteiger partial charge is 0.344 e. The van der Waals surface area contributed by atoms with Gasteiger partial charge in [-0.25, -0.2) is 4.98 Å². The fraction of sp³-hybridized carbons (Fsp3) is 0.200. The summed E-state index contributed by atoms with van der Waals surface area (Å²) in [6, 6.07) is 0. The van der Waals surface area contributed by atoms with Crippen LogP contribution in [-0.2, 0) is 6.54 Å². The second-order valence-corrected chi connectivity index (χ2v) is 2.04. The Balaban J connectivity index is 2.43. The van der Waals surface area contributed by atoms with E-state index >= 15 is 0 Å². The van der Waals surface area contributed by atoms with Crippen molar-refractivity contribution in [2.75, 3.05) is 0 Å². The lowest BCUT2D eigenvalue weighted by Crippen LogP contribution is -2.17. The second kappa shape index (κ2) is 1.81. The van der Waals surface area contributed by atoms with Crippen LogP contribution < -0.4 is 0 Å². The normalized spacial score (nSPS) is 15.5.